The van der Waals surface area contributed by atoms with E-state index in [1.807, 2.05) is 0 Å². The van der Waals surface area contributed by atoms with Crippen LogP contribution in [0, 0.1) is 0 Å². The fourth-order valence-electron chi connectivity index (χ4n) is 1.75. The second kappa shape index (κ2) is 4.62. The van der Waals surface area contributed by atoms with E-state index >= 15 is 0 Å². The summed E-state index contributed by atoms with van der Waals surface area (Å²) in [5.74, 6) is -1.00. The first kappa shape index (κ1) is 12.3. The second-order valence-corrected chi connectivity index (χ2v) is 3.68. The molecule has 7 heteroatoms. The van der Waals surface area contributed by atoms with Crippen molar-refractivity contribution in [1.82, 2.24) is 0 Å². The van der Waals surface area contributed by atoms with Gasteiger partial charge in [0.2, 0.25) is 5.76 Å². The van der Waals surface area contributed by atoms with Gasteiger partial charge in [-0.1, -0.05) is 11.2 Å². The summed E-state index contributed by atoms with van der Waals surface area (Å²) in [5.41, 5.74) is 9.31. The molecule has 1 aliphatic carbocycles. The molecule has 0 aromatic heterocycles. The van der Waals surface area contributed by atoms with Crippen molar-refractivity contribution in [2.24, 2.45) is 5.11 Å². The lowest BCUT2D eigenvalue weighted by Crippen LogP contribution is -2.06. The molecule has 4 nitrogen and oxygen atoms in total. The van der Waals surface area contributed by atoms with Crippen molar-refractivity contribution in [3.63, 3.8) is 0 Å². The summed E-state index contributed by atoms with van der Waals surface area (Å²) in [7, 11) is 0. The van der Waals surface area contributed by atoms with Gasteiger partial charge in [0.05, 0.1) is 6.26 Å². The summed E-state index contributed by atoms with van der Waals surface area (Å²) in [6.07, 6.45) is -3.10. The summed E-state index contributed by atoms with van der Waals surface area (Å²) in [6, 6.07) is 4.52. The zero-order valence-corrected chi connectivity index (χ0v) is 9.11. The van der Waals surface area contributed by atoms with Gasteiger partial charge in [-0.2, -0.15) is 13.2 Å². The third-order valence-electron chi connectivity index (χ3n) is 2.48. The molecule has 0 spiro atoms. The van der Waals surface area contributed by atoms with Crippen LogP contribution in [-0.2, 0) is 12.6 Å². The van der Waals surface area contributed by atoms with Gasteiger partial charge in [0, 0.05) is 17.0 Å². The maximum atomic E-state index is 12.7. The number of halogens is 3. The van der Waals surface area contributed by atoms with E-state index in [9.17, 15) is 13.2 Å². The van der Waals surface area contributed by atoms with E-state index < -0.39 is 11.9 Å². The van der Waals surface area contributed by atoms with Crippen LogP contribution in [0.15, 0.2) is 34.0 Å². The molecule has 0 unspecified atom stereocenters. The number of rotatable bonds is 3. The lowest BCUT2D eigenvalue weighted by atomic mass is 10.1. The van der Waals surface area contributed by atoms with E-state index in [2.05, 4.69) is 14.4 Å². The normalized spacial score (nSPS) is 11.5. The SMILES string of the molecule is [N-]=[N+]=NCCc1cc2ccoc(C(F)(F)F)c-2c1. The van der Waals surface area contributed by atoms with Gasteiger partial charge < -0.3 is 4.42 Å². The Balaban J connectivity index is 2.38. The maximum absolute atomic E-state index is 12.7. The highest BCUT2D eigenvalue weighted by molar-refractivity contribution is 5.70. The Hall–Kier alpha value is -2.14. The molecule has 0 radical (unpaired) electrons. The summed E-state index contributed by atoms with van der Waals surface area (Å²) in [6.45, 7) is 0.214. The molecule has 0 fully saturated rings. The molecule has 2 rings (SSSR count). The Morgan fingerprint density at radius 1 is 1.33 bits per heavy atom. The molecule has 0 saturated carbocycles. The monoisotopic (exact) mass is 255 g/mol. The molecule has 18 heavy (non-hydrogen) atoms. The van der Waals surface area contributed by atoms with Crippen molar-refractivity contribution in [1.29, 1.82) is 0 Å². The fourth-order valence-corrected chi connectivity index (χ4v) is 1.75. The molecule has 0 saturated heterocycles. The van der Waals surface area contributed by atoms with Crippen LogP contribution in [0.25, 0.3) is 21.6 Å². The van der Waals surface area contributed by atoms with Crippen LogP contribution in [0.3, 0.4) is 0 Å². The van der Waals surface area contributed by atoms with Gasteiger partial charge in [-0.25, -0.2) is 0 Å². The molecule has 1 aliphatic heterocycles. The van der Waals surface area contributed by atoms with Gasteiger partial charge in [0.15, 0.2) is 0 Å². The van der Waals surface area contributed by atoms with Gasteiger partial charge >= 0.3 is 6.18 Å². The van der Waals surface area contributed by atoms with Crippen LogP contribution in [-0.4, -0.2) is 6.54 Å². The number of azide groups is 1. The average Bonchev–Trinajstić information content (AvgIpc) is 2.70. The van der Waals surface area contributed by atoms with Crippen LogP contribution >= 0.6 is 0 Å². The third-order valence-corrected chi connectivity index (χ3v) is 2.48. The molecule has 0 bridgehead atoms. The Bertz CT molecular complexity index is 570. The largest absolute Gasteiger partial charge is 0.459 e. The topological polar surface area (TPSA) is 61.9 Å². The van der Waals surface area contributed by atoms with Crippen molar-refractivity contribution in [2.75, 3.05) is 6.54 Å². The van der Waals surface area contributed by atoms with Gasteiger partial charge in [-0.3, -0.25) is 0 Å². The highest BCUT2D eigenvalue weighted by atomic mass is 19.4. The minimum Gasteiger partial charge on any atom is -0.459 e. The third kappa shape index (κ3) is 2.41. The Morgan fingerprint density at radius 3 is 2.78 bits per heavy atom. The minimum absolute atomic E-state index is 0.0286. The first-order valence-corrected chi connectivity index (χ1v) is 5.10. The Labute approximate surface area is 100.0 Å². The zero-order valence-electron chi connectivity index (χ0n) is 9.11. The van der Waals surface area contributed by atoms with Gasteiger partial charge in [0.1, 0.15) is 0 Å². The van der Waals surface area contributed by atoms with E-state index in [0.717, 1.165) is 6.26 Å². The molecule has 2 aliphatic rings. The highest BCUT2D eigenvalue weighted by Crippen LogP contribution is 2.39. The quantitative estimate of drug-likeness (QED) is 0.459. The Kier molecular flexibility index (Phi) is 3.16. The molecule has 0 aromatic rings. The predicted octanol–water partition coefficient (Wildman–Crippen LogP) is 4.26. The number of fused-ring (bicyclic) bond motifs is 1. The molecular formula is C11H8F3N3O. The van der Waals surface area contributed by atoms with E-state index in [4.69, 9.17) is 5.53 Å². The van der Waals surface area contributed by atoms with E-state index in [0.29, 0.717) is 17.5 Å². The Morgan fingerprint density at radius 2 is 2.11 bits per heavy atom. The number of alkyl halides is 3. The van der Waals surface area contributed by atoms with Crippen molar-refractivity contribution >= 4 is 0 Å². The lowest BCUT2D eigenvalue weighted by molar-refractivity contribution is -0.153. The van der Waals surface area contributed by atoms with Crippen LogP contribution < -0.4 is 0 Å². The molecule has 0 N–H and O–H groups in total. The minimum atomic E-state index is -4.52. The van der Waals surface area contributed by atoms with Crippen molar-refractivity contribution in [3.8, 4) is 11.1 Å². The molecule has 1 heterocycles. The van der Waals surface area contributed by atoms with Gasteiger partial charge in [0.25, 0.3) is 0 Å². The lowest BCUT2D eigenvalue weighted by Gasteiger charge is -2.09. The standard InChI is InChI=1S/C11H8F3N3O/c12-11(13,14)10-9-6-7(1-3-16-17-15)5-8(9)2-4-18-10/h2,4-6H,1,3H2. The highest BCUT2D eigenvalue weighted by Gasteiger charge is 2.37. The number of nitrogens with zero attached hydrogens (tertiary/aromatic N) is 3. The fraction of sp³-hybridized carbons (Fsp3) is 0.273. The zero-order chi connectivity index (χ0) is 13.2. The molecule has 0 amide bonds. The maximum Gasteiger partial charge on any atom is 0.450 e. The van der Waals surface area contributed by atoms with Crippen LogP contribution in [0.4, 0.5) is 13.2 Å². The molecule has 0 aromatic carbocycles. The number of hydrogen-bond donors (Lipinski definition) is 0. The van der Waals surface area contributed by atoms with Crippen molar-refractivity contribution in [2.45, 2.75) is 12.6 Å². The van der Waals surface area contributed by atoms with E-state index in [1.54, 1.807) is 6.07 Å². The first-order chi connectivity index (χ1) is 8.52. The van der Waals surface area contributed by atoms with E-state index in [-0.39, 0.29) is 12.1 Å². The molecular weight excluding hydrogens is 247 g/mol. The van der Waals surface area contributed by atoms with Crippen LogP contribution in [0.1, 0.15) is 11.3 Å². The summed E-state index contributed by atoms with van der Waals surface area (Å²) < 4.78 is 42.6. The first-order valence-electron chi connectivity index (χ1n) is 5.10. The van der Waals surface area contributed by atoms with E-state index in [1.165, 1.54) is 12.1 Å². The predicted molar refractivity (Wildman–Crippen MR) is 58.0 cm³/mol. The van der Waals surface area contributed by atoms with Gasteiger partial charge in [-0.15, -0.1) is 0 Å². The van der Waals surface area contributed by atoms with Crippen molar-refractivity contribution in [3.05, 3.63) is 46.2 Å². The second-order valence-electron chi connectivity index (χ2n) is 3.68. The van der Waals surface area contributed by atoms with Crippen LogP contribution in [0.5, 0.6) is 0 Å². The van der Waals surface area contributed by atoms with Crippen LogP contribution in [0.2, 0.25) is 0 Å². The smallest absolute Gasteiger partial charge is 0.450 e. The average molecular weight is 255 g/mol. The summed E-state index contributed by atoms with van der Waals surface area (Å²) in [4.78, 5) is 2.59. The number of hydrogen-bond acceptors (Lipinski definition) is 2. The summed E-state index contributed by atoms with van der Waals surface area (Å²) >= 11 is 0. The molecule has 0 atom stereocenters. The van der Waals surface area contributed by atoms with Gasteiger partial charge in [-0.05, 0) is 35.2 Å². The summed E-state index contributed by atoms with van der Waals surface area (Å²) in [5, 5.41) is 3.34. The molecule has 94 valence electrons. The van der Waals surface area contributed by atoms with Crippen molar-refractivity contribution < 1.29 is 17.6 Å².